The molecule has 5 rings (SSSR count). The summed E-state index contributed by atoms with van der Waals surface area (Å²) < 4.78 is 5.44. The van der Waals surface area contributed by atoms with E-state index in [-0.39, 0.29) is 6.03 Å². The third-order valence-corrected chi connectivity index (χ3v) is 6.34. The van der Waals surface area contributed by atoms with Crippen molar-refractivity contribution in [1.29, 1.82) is 0 Å². The van der Waals surface area contributed by atoms with E-state index in [1.807, 2.05) is 48.2 Å². The highest BCUT2D eigenvalue weighted by Crippen LogP contribution is 2.36. The Kier molecular flexibility index (Phi) is 5.32. The number of urea groups is 1. The minimum atomic E-state index is -0.0383. The van der Waals surface area contributed by atoms with Crippen molar-refractivity contribution in [2.45, 2.75) is 32.1 Å². The van der Waals surface area contributed by atoms with Crippen molar-refractivity contribution < 1.29 is 9.32 Å². The number of benzene rings is 2. The molecule has 7 heteroatoms. The lowest BCUT2D eigenvalue weighted by atomic mass is 9.85. The maximum absolute atomic E-state index is 12.6. The Morgan fingerprint density at radius 3 is 2.45 bits per heavy atom. The number of hydrogen-bond donors (Lipinski definition) is 1. The van der Waals surface area contributed by atoms with Gasteiger partial charge in [-0.1, -0.05) is 29.8 Å². The van der Waals surface area contributed by atoms with Gasteiger partial charge in [0.15, 0.2) is 0 Å². The summed E-state index contributed by atoms with van der Waals surface area (Å²) in [4.78, 5) is 21.4. The summed E-state index contributed by atoms with van der Waals surface area (Å²) in [6.07, 6.45) is 3.54. The summed E-state index contributed by atoms with van der Waals surface area (Å²) in [5.74, 6) is 1.87. The number of carbonyl (C=O) groups is 1. The van der Waals surface area contributed by atoms with Crippen LogP contribution in [0.3, 0.4) is 0 Å². The Balaban J connectivity index is 1.17. The van der Waals surface area contributed by atoms with Crippen molar-refractivity contribution in [3.63, 3.8) is 0 Å². The Labute approximate surface area is 182 Å². The summed E-state index contributed by atoms with van der Waals surface area (Å²) >= 11 is 0. The number of carbonyl (C=O) groups excluding carboxylic acids is 1. The highest BCUT2D eigenvalue weighted by atomic mass is 16.5. The van der Waals surface area contributed by atoms with Crippen LogP contribution in [-0.2, 0) is 0 Å². The van der Waals surface area contributed by atoms with E-state index >= 15 is 0 Å². The van der Waals surface area contributed by atoms with Crippen LogP contribution in [-0.4, -0.2) is 47.3 Å². The first kappa shape index (κ1) is 19.6. The summed E-state index contributed by atoms with van der Waals surface area (Å²) in [7, 11) is 0. The predicted molar refractivity (Wildman–Crippen MR) is 120 cm³/mol. The topological polar surface area (TPSA) is 74.5 Å². The Morgan fingerprint density at radius 1 is 1.03 bits per heavy atom. The van der Waals surface area contributed by atoms with E-state index in [1.54, 1.807) is 0 Å². The molecule has 2 amide bonds. The molecule has 1 saturated carbocycles. The van der Waals surface area contributed by atoms with Gasteiger partial charge in [0.1, 0.15) is 0 Å². The van der Waals surface area contributed by atoms with Gasteiger partial charge < -0.3 is 19.6 Å². The van der Waals surface area contributed by atoms with Gasteiger partial charge in [0.25, 0.3) is 0 Å². The maximum Gasteiger partial charge on any atom is 0.321 e. The van der Waals surface area contributed by atoms with Gasteiger partial charge in [-0.2, -0.15) is 4.98 Å². The fourth-order valence-electron chi connectivity index (χ4n) is 4.07. The number of rotatable bonds is 4. The first-order valence-corrected chi connectivity index (χ1v) is 11.0. The number of anilines is 2. The fourth-order valence-corrected chi connectivity index (χ4v) is 4.07. The number of nitrogens with zero attached hydrogens (tertiary/aromatic N) is 4. The summed E-state index contributed by atoms with van der Waals surface area (Å²) in [6, 6.07) is 16.1. The second-order valence-corrected chi connectivity index (χ2v) is 8.35. The number of aryl methyl sites for hydroxylation is 1. The monoisotopic (exact) mass is 417 g/mol. The van der Waals surface area contributed by atoms with Gasteiger partial charge in [0, 0.05) is 49.0 Å². The molecule has 0 unspecified atom stereocenters. The van der Waals surface area contributed by atoms with Crippen LogP contribution in [0.1, 0.15) is 36.6 Å². The minimum Gasteiger partial charge on any atom is -0.368 e. The molecule has 2 fully saturated rings. The zero-order valence-electron chi connectivity index (χ0n) is 17.8. The molecule has 2 heterocycles. The highest BCUT2D eigenvalue weighted by Gasteiger charge is 2.26. The highest BCUT2D eigenvalue weighted by molar-refractivity contribution is 5.90. The predicted octanol–water partition coefficient (Wildman–Crippen LogP) is 4.67. The molecule has 31 heavy (non-hydrogen) atoms. The molecular formula is C24H27N5O2. The average molecular weight is 418 g/mol. The molecule has 1 N–H and O–H groups in total. The number of amides is 2. The van der Waals surface area contributed by atoms with Crippen molar-refractivity contribution in [1.82, 2.24) is 15.0 Å². The van der Waals surface area contributed by atoms with Crippen molar-refractivity contribution in [3.8, 4) is 11.4 Å². The van der Waals surface area contributed by atoms with Crippen LogP contribution < -0.4 is 10.2 Å². The molecule has 0 spiro atoms. The number of hydrogen-bond acceptors (Lipinski definition) is 5. The standard InChI is InChI=1S/C24H27N5O2/c1-17-5-2-3-8-21(17)25-24(30)29-15-13-28(14-16-29)20-11-9-18(10-12-20)22-26-23(31-27-22)19-6-4-7-19/h2-3,5,8-12,19H,4,6-7,13-16H2,1H3,(H,25,30). The lowest BCUT2D eigenvalue weighted by Crippen LogP contribution is -2.50. The summed E-state index contributed by atoms with van der Waals surface area (Å²) in [5.41, 5.74) is 4.04. The average Bonchev–Trinajstić information content (AvgIpc) is 3.24. The van der Waals surface area contributed by atoms with E-state index < -0.39 is 0 Å². The molecule has 1 aliphatic carbocycles. The van der Waals surface area contributed by atoms with Crippen LogP contribution in [0.25, 0.3) is 11.4 Å². The smallest absolute Gasteiger partial charge is 0.321 e. The molecule has 2 aliphatic rings. The third-order valence-electron chi connectivity index (χ3n) is 6.34. The molecule has 3 aromatic rings. The van der Waals surface area contributed by atoms with Crippen LogP contribution in [0.15, 0.2) is 53.1 Å². The molecule has 0 bridgehead atoms. The van der Waals surface area contributed by atoms with Gasteiger partial charge in [0.05, 0.1) is 0 Å². The van der Waals surface area contributed by atoms with Gasteiger partial charge >= 0.3 is 6.03 Å². The van der Waals surface area contributed by atoms with E-state index in [9.17, 15) is 4.79 Å². The molecule has 1 saturated heterocycles. The molecule has 1 aromatic heterocycles. The molecule has 7 nitrogen and oxygen atoms in total. The van der Waals surface area contributed by atoms with E-state index in [0.29, 0.717) is 24.8 Å². The molecule has 1 aliphatic heterocycles. The van der Waals surface area contributed by atoms with Crippen molar-refractivity contribution in [3.05, 3.63) is 60.0 Å². The zero-order chi connectivity index (χ0) is 21.2. The van der Waals surface area contributed by atoms with Gasteiger partial charge in [0.2, 0.25) is 11.7 Å². The molecule has 0 radical (unpaired) electrons. The number of aromatic nitrogens is 2. The molecule has 0 atom stereocenters. The maximum atomic E-state index is 12.6. The second kappa shape index (κ2) is 8.41. The lowest BCUT2D eigenvalue weighted by molar-refractivity contribution is 0.208. The van der Waals surface area contributed by atoms with E-state index in [4.69, 9.17) is 4.52 Å². The van der Waals surface area contributed by atoms with Gasteiger partial charge in [-0.05, 0) is 55.7 Å². The fraction of sp³-hybridized carbons (Fsp3) is 0.375. The van der Waals surface area contributed by atoms with Gasteiger partial charge in [-0.15, -0.1) is 0 Å². The minimum absolute atomic E-state index is 0.0383. The van der Waals surface area contributed by atoms with E-state index in [1.165, 1.54) is 6.42 Å². The Hall–Kier alpha value is -3.35. The number of para-hydroxylation sites is 1. The van der Waals surface area contributed by atoms with Crippen LogP contribution in [0.5, 0.6) is 0 Å². The second-order valence-electron chi connectivity index (χ2n) is 8.35. The normalized spacial score (nSPS) is 16.8. The van der Waals surface area contributed by atoms with E-state index in [0.717, 1.165) is 54.3 Å². The molecular weight excluding hydrogens is 390 g/mol. The number of piperazine rings is 1. The van der Waals surface area contributed by atoms with Crippen molar-refractivity contribution in [2.24, 2.45) is 0 Å². The van der Waals surface area contributed by atoms with Gasteiger partial charge in [-0.25, -0.2) is 4.79 Å². The largest absolute Gasteiger partial charge is 0.368 e. The van der Waals surface area contributed by atoms with Crippen LogP contribution in [0, 0.1) is 6.92 Å². The number of nitrogens with one attached hydrogen (secondary N) is 1. The quantitative estimate of drug-likeness (QED) is 0.668. The zero-order valence-corrected chi connectivity index (χ0v) is 17.8. The SMILES string of the molecule is Cc1ccccc1NC(=O)N1CCN(c2ccc(-c3noc(C4CCC4)n3)cc2)CC1. The van der Waals surface area contributed by atoms with Crippen LogP contribution in [0.2, 0.25) is 0 Å². The first-order chi connectivity index (χ1) is 15.2. The summed E-state index contributed by atoms with van der Waals surface area (Å²) in [5, 5.41) is 7.17. The van der Waals surface area contributed by atoms with Crippen LogP contribution >= 0.6 is 0 Å². The van der Waals surface area contributed by atoms with Crippen molar-refractivity contribution in [2.75, 3.05) is 36.4 Å². The Morgan fingerprint density at radius 2 is 1.77 bits per heavy atom. The van der Waals surface area contributed by atoms with Gasteiger partial charge in [-0.3, -0.25) is 0 Å². The van der Waals surface area contributed by atoms with Crippen LogP contribution in [0.4, 0.5) is 16.2 Å². The molecule has 2 aromatic carbocycles. The van der Waals surface area contributed by atoms with E-state index in [2.05, 4.69) is 32.5 Å². The molecule has 160 valence electrons. The third kappa shape index (κ3) is 4.13. The first-order valence-electron chi connectivity index (χ1n) is 11.0. The summed E-state index contributed by atoms with van der Waals surface area (Å²) in [6.45, 7) is 4.98. The van der Waals surface area contributed by atoms with Crippen molar-refractivity contribution >= 4 is 17.4 Å². The Bertz CT molecular complexity index is 1050. The lowest BCUT2D eigenvalue weighted by Gasteiger charge is -2.36.